The lowest BCUT2D eigenvalue weighted by Crippen LogP contribution is -2.24. The summed E-state index contributed by atoms with van der Waals surface area (Å²) in [6.07, 6.45) is 1.93. The van der Waals surface area contributed by atoms with Gasteiger partial charge in [0, 0.05) is 12.2 Å². The highest BCUT2D eigenvalue weighted by atomic mass is 16.3. The minimum Gasteiger partial charge on any atom is -0.508 e. The molecule has 0 spiro atoms. The molecule has 146 valence electrons. The third-order valence-electron chi connectivity index (χ3n) is 5.07. The van der Waals surface area contributed by atoms with Crippen LogP contribution in [0.25, 0.3) is 27.3 Å². The van der Waals surface area contributed by atoms with Crippen LogP contribution in [0.15, 0.2) is 35.1 Å². The lowest BCUT2D eigenvalue weighted by molar-refractivity contribution is 0.330. The summed E-state index contributed by atoms with van der Waals surface area (Å²) in [6.45, 7) is 3.38. The van der Waals surface area contributed by atoms with Crippen molar-refractivity contribution in [3.63, 3.8) is 0 Å². The number of nitrogens with zero attached hydrogens (tertiary/aromatic N) is 4. The summed E-state index contributed by atoms with van der Waals surface area (Å²) in [7, 11) is 2.09. The quantitative estimate of drug-likeness (QED) is 0.315. The van der Waals surface area contributed by atoms with Crippen molar-refractivity contribution in [2.75, 3.05) is 38.5 Å². The van der Waals surface area contributed by atoms with Gasteiger partial charge in [-0.3, -0.25) is 4.79 Å². The molecule has 0 radical (unpaired) electrons. The second-order valence-electron chi connectivity index (χ2n) is 7.11. The molecule has 0 saturated heterocycles. The third-order valence-corrected chi connectivity index (χ3v) is 5.07. The zero-order valence-electron chi connectivity index (χ0n) is 15.9. The number of aromatic nitrogens is 3. The molecule has 4 aromatic rings. The van der Waals surface area contributed by atoms with Gasteiger partial charge in [0.05, 0.1) is 16.3 Å². The number of aromatic hydroxyl groups is 1. The number of hydrogen-bond donors (Lipinski definition) is 3. The third kappa shape index (κ3) is 3.21. The number of phenolic OH excluding ortho intramolecular Hbond substituents is 1. The first-order valence-corrected chi connectivity index (χ1v) is 9.49. The molecule has 2 heterocycles. The summed E-state index contributed by atoms with van der Waals surface area (Å²) in [4.78, 5) is 15.4. The van der Waals surface area contributed by atoms with Gasteiger partial charge in [0.15, 0.2) is 5.43 Å². The van der Waals surface area contributed by atoms with Gasteiger partial charge in [-0.2, -0.15) is 0 Å². The van der Waals surface area contributed by atoms with E-state index in [9.17, 15) is 9.90 Å². The van der Waals surface area contributed by atoms with E-state index in [-0.39, 0.29) is 11.2 Å². The first kappa shape index (κ1) is 18.4. The second-order valence-corrected chi connectivity index (χ2v) is 7.11. The first-order chi connectivity index (χ1) is 13.6. The van der Waals surface area contributed by atoms with Gasteiger partial charge in [-0.1, -0.05) is 5.21 Å². The van der Waals surface area contributed by atoms with Crippen molar-refractivity contribution < 1.29 is 5.11 Å². The minimum absolute atomic E-state index is 0.0536. The van der Waals surface area contributed by atoms with Crippen molar-refractivity contribution >= 4 is 33.0 Å². The molecule has 0 amide bonds. The number of phenols is 1. The molecule has 0 saturated carbocycles. The van der Waals surface area contributed by atoms with Crippen LogP contribution in [-0.2, 0) is 0 Å². The van der Waals surface area contributed by atoms with Gasteiger partial charge in [0.25, 0.3) is 0 Å². The van der Waals surface area contributed by atoms with Gasteiger partial charge in [-0.15, -0.1) is 5.10 Å². The summed E-state index contributed by atoms with van der Waals surface area (Å²) in [5, 5.41) is 22.6. The standard InChI is InChI=1S/C20H24N6O2/c1-25(10-2-8-21)11-3-9-22-15-5-6-16-19-18(15)20(28)14-12-13(27)4-7-17(14)26(19)24-23-16/h4-7,12,22,27H,2-3,8-11,21H2,1H3. The minimum atomic E-state index is -0.131. The zero-order chi connectivity index (χ0) is 19.7. The monoisotopic (exact) mass is 380 g/mol. The maximum absolute atomic E-state index is 13.2. The Balaban J connectivity index is 1.66. The average molecular weight is 380 g/mol. The number of anilines is 1. The molecule has 0 aliphatic heterocycles. The van der Waals surface area contributed by atoms with Crippen LogP contribution in [0, 0.1) is 0 Å². The molecular formula is C20H24N6O2. The molecule has 2 aromatic carbocycles. The Hall–Kier alpha value is -2.97. The van der Waals surface area contributed by atoms with Crippen LogP contribution in [0.1, 0.15) is 12.8 Å². The summed E-state index contributed by atoms with van der Waals surface area (Å²) < 4.78 is 1.67. The summed E-state index contributed by atoms with van der Waals surface area (Å²) in [6, 6.07) is 8.47. The fraction of sp³-hybridized carbons (Fsp3) is 0.350. The van der Waals surface area contributed by atoms with Crippen LogP contribution in [-0.4, -0.2) is 58.1 Å². The molecule has 28 heavy (non-hydrogen) atoms. The Kier molecular flexibility index (Phi) is 4.97. The van der Waals surface area contributed by atoms with Crippen molar-refractivity contribution in [3.05, 3.63) is 40.6 Å². The number of nitrogens with one attached hydrogen (secondary N) is 1. The van der Waals surface area contributed by atoms with Crippen LogP contribution in [0.2, 0.25) is 0 Å². The predicted molar refractivity (Wildman–Crippen MR) is 111 cm³/mol. The Morgan fingerprint density at radius 1 is 1.21 bits per heavy atom. The fourth-order valence-corrected chi connectivity index (χ4v) is 3.63. The van der Waals surface area contributed by atoms with Crippen molar-refractivity contribution in [2.24, 2.45) is 5.73 Å². The van der Waals surface area contributed by atoms with Crippen LogP contribution in [0.3, 0.4) is 0 Å². The van der Waals surface area contributed by atoms with E-state index in [0.29, 0.717) is 33.9 Å². The smallest absolute Gasteiger partial charge is 0.199 e. The number of hydrogen-bond acceptors (Lipinski definition) is 7. The highest BCUT2D eigenvalue weighted by Crippen LogP contribution is 2.28. The van der Waals surface area contributed by atoms with Gasteiger partial charge in [-0.05, 0) is 69.9 Å². The van der Waals surface area contributed by atoms with Crippen molar-refractivity contribution in [1.29, 1.82) is 0 Å². The fourth-order valence-electron chi connectivity index (χ4n) is 3.63. The Labute approximate surface area is 161 Å². The van der Waals surface area contributed by atoms with E-state index >= 15 is 0 Å². The number of fused-ring (bicyclic) bond motifs is 2. The van der Waals surface area contributed by atoms with Crippen molar-refractivity contribution in [3.8, 4) is 5.75 Å². The molecule has 0 aliphatic rings. The van der Waals surface area contributed by atoms with Gasteiger partial charge in [0.1, 0.15) is 16.8 Å². The topological polar surface area (TPSA) is 109 Å². The zero-order valence-corrected chi connectivity index (χ0v) is 15.9. The lowest BCUT2D eigenvalue weighted by atomic mass is 10.1. The summed E-state index contributed by atoms with van der Waals surface area (Å²) in [5.41, 5.74) is 8.20. The Morgan fingerprint density at radius 2 is 2.04 bits per heavy atom. The molecule has 0 aliphatic carbocycles. The molecule has 0 fully saturated rings. The van der Waals surface area contributed by atoms with E-state index in [1.165, 1.54) is 6.07 Å². The lowest BCUT2D eigenvalue weighted by Gasteiger charge is -2.16. The number of nitrogens with two attached hydrogens (primary N) is 1. The highest BCUT2D eigenvalue weighted by Gasteiger charge is 2.17. The summed E-state index contributed by atoms with van der Waals surface area (Å²) >= 11 is 0. The largest absolute Gasteiger partial charge is 0.508 e. The average Bonchev–Trinajstić information content (AvgIpc) is 3.12. The molecule has 8 nitrogen and oxygen atoms in total. The van der Waals surface area contributed by atoms with E-state index in [0.717, 1.165) is 38.2 Å². The molecule has 0 unspecified atom stereocenters. The van der Waals surface area contributed by atoms with E-state index in [1.807, 2.05) is 12.1 Å². The SMILES string of the molecule is CN(CCCN)CCCNc1ccc2nnn3c4ccc(O)cc4c(=O)c1c23. The Morgan fingerprint density at radius 3 is 2.86 bits per heavy atom. The molecule has 2 aromatic heterocycles. The normalized spacial score (nSPS) is 12.0. The van der Waals surface area contributed by atoms with Gasteiger partial charge in [0.2, 0.25) is 0 Å². The maximum atomic E-state index is 13.2. The molecule has 0 bridgehead atoms. The van der Waals surface area contributed by atoms with Crippen LogP contribution >= 0.6 is 0 Å². The highest BCUT2D eigenvalue weighted by molar-refractivity contribution is 6.06. The molecule has 4 rings (SSSR count). The van der Waals surface area contributed by atoms with E-state index < -0.39 is 0 Å². The Bertz CT molecular complexity index is 1170. The maximum Gasteiger partial charge on any atom is 0.199 e. The predicted octanol–water partition coefficient (Wildman–Crippen LogP) is 1.62. The molecule has 8 heteroatoms. The van der Waals surface area contributed by atoms with Crippen LogP contribution in [0.4, 0.5) is 5.69 Å². The van der Waals surface area contributed by atoms with Crippen molar-refractivity contribution in [1.82, 2.24) is 19.7 Å². The van der Waals surface area contributed by atoms with Gasteiger partial charge in [-0.25, -0.2) is 4.52 Å². The van der Waals surface area contributed by atoms with Gasteiger partial charge < -0.3 is 21.1 Å². The van der Waals surface area contributed by atoms with E-state index in [1.54, 1.807) is 16.6 Å². The van der Waals surface area contributed by atoms with Crippen molar-refractivity contribution in [2.45, 2.75) is 12.8 Å². The van der Waals surface area contributed by atoms with Gasteiger partial charge >= 0.3 is 0 Å². The van der Waals surface area contributed by atoms with E-state index in [4.69, 9.17) is 5.73 Å². The van der Waals surface area contributed by atoms with Crippen LogP contribution < -0.4 is 16.5 Å². The molecule has 0 atom stereocenters. The first-order valence-electron chi connectivity index (χ1n) is 9.49. The number of rotatable bonds is 8. The second kappa shape index (κ2) is 7.57. The summed E-state index contributed by atoms with van der Waals surface area (Å²) in [5.74, 6) is 0.0536. The number of pyridine rings is 1. The van der Waals surface area contributed by atoms with Crippen LogP contribution in [0.5, 0.6) is 5.75 Å². The number of benzene rings is 2. The molecular weight excluding hydrogens is 356 g/mol. The molecule has 4 N–H and O–H groups in total. The van der Waals surface area contributed by atoms with E-state index in [2.05, 4.69) is 27.6 Å².